The molecule has 0 spiro atoms. The molecule has 146 valence electrons. The van der Waals surface area contributed by atoms with Gasteiger partial charge in [-0.25, -0.2) is 0 Å². The number of nitrogens with two attached hydrogens (primary N) is 3. The van der Waals surface area contributed by atoms with Crippen molar-refractivity contribution in [3.8, 4) is 11.8 Å². The molecule has 8 heteroatoms. The lowest BCUT2D eigenvalue weighted by Crippen LogP contribution is -2.50. The molecule has 1 aromatic carbocycles. The lowest BCUT2D eigenvalue weighted by molar-refractivity contribution is -0.120. The third-order valence-electron chi connectivity index (χ3n) is 2.80. The molecule has 0 fully saturated rings. The Hall–Kier alpha value is -2.99. The van der Waals surface area contributed by atoms with Crippen molar-refractivity contribution in [2.75, 3.05) is 7.05 Å². The minimum Gasteiger partial charge on any atom is -0.376 e. The van der Waals surface area contributed by atoms with E-state index in [1.54, 1.807) is 50.5 Å². The van der Waals surface area contributed by atoms with E-state index in [1.165, 1.54) is 0 Å². The zero-order valence-corrected chi connectivity index (χ0v) is 16.4. The largest absolute Gasteiger partial charge is 0.376 e. The Labute approximate surface area is 166 Å². The van der Waals surface area contributed by atoms with E-state index < -0.39 is 11.9 Å². The van der Waals surface area contributed by atoms with E-state index in [0.29, 0.717) is 5.56 Å². The number of hydrogen-bond donors (Lipinski definition) is 5. The van der Waals surface area contributed by atoms with Crippen LogP contribution in [-0.2, 0) is 4.79 Å². The van der Waals surface area contributed by atoms with Gasteiger partial charge in [0.15, 0.2) is 5.11 Å². The fourth-order valence-corrected chi connectivity index (χ4v) is 1.67. The van der Waals surface area contributed by atoms with Crippen molar-refractivity contribution in [1.82, 2.24) is 10.6 Å². The van der Waals surface area contributed by atoms with Crippen LogP contribution in [0.15, 0.2) is 49.7 Å². The number of nitrogens with one attached hydrogen (secondary N) is 2. The second kappa shape index (κ2) is 16.5. The molecule has 0 aliphatic heterocycles. The van der Waals surface area contributed by atoms with Gasteiger partial charge in [0.05, 0.1) is 0 Å². The van der Waals surface area contributed by atoms with Crippen LogP contribution in [0.3, 0.4) is 0 Å². The topological polar surface area (TPSA) is 136 Å². The third-order valence-corrected chi connectivity index (χ3v) is 2.92. The minimum atomic E-state index is -0.412. The van der Waals surface area contributed by atoms with E-state index in [1.807, 2.05) is 0 Å². The Kier molecular flexibility index (Phi) is 16.0. The van der Waals surface area contributed by atoms with Crippen molar-refractivity contribution in [3.63, 3.8) is 0 Å². The molecule has 0 aliphatic carbocycles. The van der Waals surface area contributed by atoms with Gasteiger partial charge in [0, 0.05) is 29.4 Å². The summed E-state index contributed by atoms with van der Waals surface area (Å²) in [6, 6.07) is 6.36. The second-order valence-electron chi connectivity index (χ2n) is 4.88. The molecule has 0 saturated heterocycles. The molecule has 1 aromatic rings. The van der Waals surface area contributed by atoms with Crippen molar-refractivity contribution in [2.24, 2.45) is 17.2 Å². The number of primary amides is 1. The van der Waals surface area contributed by atoms with E-state index in [0.717, 1.165) is 11.8 Å². The zero-order valence-electron chi connectivity index (χ0n) is 15.6. The Morgan fingerprint density at radius 2 is 1.81 bits per heavy atom. The molecule has 0 heterocycles. The summed E-state index contributed by atoms with van der Waals surface area (Å²) < 4.78 is 0. The first-order valence-corrected chi connectivity index (χ1v) is 8.22. The summed E-state index contributed by atoms with van der Waals surface area (Å²) in [5.41, 5.74) is 17.0. The minimum absolute atomic E-state index is 0.202. The van der Waals surface area contributed by atoms with Crippen molar-refractivity contribution in [1.29, 1.82) is 0 Å². The molecule has 7 nitrogen and oxygen atoms in total. The molecule has 1 amide bonds. The fourth-order valence-electron chi connectivity index (χ4n) is 1.60. The number of hydrogen-bond acceptors (Lipinski definition) is 5. The van der Waals surface area contributed by atoms with Gasteiger partial charge in [0.25, 0.3) is 0 Å². The van der Waals surface area contributed by atoms with Gasteiger partial charge in [0.1, 0.15) is 12.3 Å². The summed E-state index contributed by atoms with van der Waals surface area (Å²) >= 11 is 4.60. The van der Waals surface area contributed by atoms with Crippen LogP contribution in [0.25, 0.3) is 0 Å². The average molecular weight is 390 g/mol. The smallest absolute Gasteiger partial charge is 0.236 e. The van der Waals surface area contributed by atoms with Crippen LogP contribution in [0.5, 0.6) is 0 Å². The number of carbonyl (C=O) groups excluding carboxylic acids is 2. The van der Waals surface area contributed by atoms with Gasteiger partial charge in [-0.3, -0.25) is 9.59 Å². The van der Waals surface area contributed by atoms with E-state index in [-0.39, 0.29) is 11.2 Å². The Morgan fingerprint density at radius 1 is 1.26 bits per heavy atom. The fraction of sp³-hybridized carbons (Fsp3) is 0.211. The average Bonchev–Trinajstić information content (AvgIpc) is 2.64. The summed E-state index contributed by atoms with van der Waals surface area (Å²) in [4.78, 5) is 20.9. The number of allylic oxidation sites excluding steroid dienone is 1. The zero-order chi connectivity index (χ0) is 21.2. The van der Waals surface area contributed by atoms with Gasteiger partial charge < -0.3 is 27.8 Å². The molecule has 0 saturated carbocycles. The maximum atomic E-state index is 10.5. The molecule has 27 heavy (non-hydrogen) atoms. The normalized spacial score (nSPS) is 11.2. The van der Waals surface area contributed by atoms with Crippen LogP contribution < -0.4 is 27.8 Å². The lowest BCUT2D eigenvalue weighted by atomic mass is 10.1. The summed E-state index contributed by atoms with van der Waals surface area (Å²) in [7, 11) is 1.65. The Bertz CT molecular complexity index is 676. The highest BCUT2D eigenvalue weighted by molar-refractivity contribution is 7.80. The Morgan fingerprint density at radius 3 is 2.15 bits per heavy atom. The predicted octanol–water partition coefficient (Wildman–Crippen LogP) is 0.407. The highest BCUT2D eigenvalue weighted by Crippen LogP contribution is 2.00. The maximum Gasteiger partial charge on any atom is 0.236 e. The molecule has 0 bridgehead atoms. The molecule has 0 aromatic heterocycles. The second-order valence-corrected chi connectivity index (χ2v) is 5.32. The van der Waals surface area contributed by atoms with E-state index >= 15 is 0 Å². The number of likely N-dealkylation sites (N-methyl/N-ethyl adjacent to an activating group) is 1. The van der Waals surface area contributed by atoms with Crippen molar-refractivity contribution in [2.45, 2.75) is 19.0 Å². The third kappa shape index (κ3) is 13.9. The summed E-state index contributed by atoms with van der Waals surface area (Å²) in [5.74, 6) is 5.28. The van der Waals surface area contributed by atoms with E-state index in [9.17, 15) is 9.59 Å². The SMILES string of the molecule is C=C.CNC(C(N)=O)C(C)N.NC(=S)N/C=C/C#Cc1ccc(C=O)cc1. The van der Waals surface area contributed by atoms with Gasteiger partial charge >= 0.3 is 0 Å². The molecular weight excluding hydrogens is 362 g/mol. The van der Waals surface area contributed by atoms with E-state index in [2.05, 4.69) is 47.9 Å². The molecule has 0 aliphatic rings. The number of benzene rings is 1. The number of thiocarbonyl (C=S) groups is 1. The quantitative estimate of drug-likeness (QED) is 0.213. The molecular formula is C19H27N5O2S. The molecule has 1 rings (SSSR count). The maximum absolute atomic E-state index is 10.5. The van der Waals surface area contributed by atoms with Crippen molar-refractivity contribution < 1.29 is 9.59 Å². The first kappa shape index (κ1) is 26.2. The van der Waals surface area contributed by atoms with Crippen LogP contribution in [0.4, 0.5) is 0 Å². The number of carbonyl (C=O) groups is 2. The molecule has 2 unspecified atom stereocenters. The molecule has 2 atom stereocenters. The van der Waals surface area contributed by atoms with Crippen LogP contribution in [0, 0.1) is 11.8 Å². The first-order valence-electron chi connectivity index (χ1n) is 7.81. The van der Waals surface area contributed by atoms with Crippen LogP contribution in [0.1, 0.15) is 22.8 Å². The number of rotatable bonds is 5. The lowest BCUT2D eigenvalue weighted by Gasteiger charge is -2.14. The van der Waals surface area contributed by atoms with Crippen molar-refractivity contribution in [3.05, 3.63) is 60.8 Å². The van der Waals surface area contributed by atoms with Gasteiger partial charge in [-0.1, -0.05) is 24.0 Å². The molecule has 0 radical (unpaired) electrons. The van der Waals surface area contributed by atoms with Gasteiger partial charge in [-0.05, 0) is 38.3 Å². The van der Waals surface area contributed by atoms with Gasteiger partial charge in [0.2, 0.25) is 5.91 Å². The van der Waals surface area contributed by atoms with Gasteiger partial charge in [-0.2, -0.15) is 0 Å². The number of amides is 1. The molecule has 8 N–H and O–H groups in total. The van der Waals surface area contributed by atoms with E-state index in [4.69, 9.17) is 17.2 Å². The highest BCUT2D eigenvalue weighted by Gasteiger charge is 2.16. The summed E-state index contributed by atoms with van der Waals surface area (Å²) in [6.45, 7) is 7.73. The number of aldehydes is 1. The van der Waals surface area contributed by atoms with Crippen LogP contribution >= 0.6 is 12.2 Å². The van der Waals surface area contributed by atoms with Gasteiger partial charge in [-0.15, -0.1) is 13.2 Å². The monoisotopic (exact) mass is 389 g/mol. The first-order chi connectivity index (χ1) is 12.8. The van der Waals surface area contributed by atoms with Crippen molar-refractivity contribution >= 4 is 29.5 Å². The van der Waals surface area contributed by atoms with Crippen LogP contribution in [-0.4, -0.2) is 36.4 Å². The summed E-state index contributed by atoms with van der Waals surface area (Å²) in [6.07, 6.45) is 3.96. The highest BCUT2D eigenvalue weighted by atomic mass is 32.1. The standard InChI is InChI=1S/C12H10N2OS.C5H13N3O.C2H4/c13-12(16)14-8-2-1-3-10-4-6-11(9-15)7-5-10;1-3(6)4(8-2)5(7)9;1-2/h2,4-9H,(H3,13,14,16);3-4,8H,6H2,1-2H3,(H2,7,9);1-2H2/b8-2+;;. The Balaban J connectivity index is 0. The summed E-state index contributed by atoms with van der Waals surface area (Å²) in [5, 5.41) is 5.53. The predicted molar refractivity (Wildman–Crippen MR) is 115 cm³/mol. The van der Waals surface area contributed by atoms with Crippen LogP contribution in [0.2, 0.25) is 0 Å².